The van der Waals surface area contributed by atoms with Crippen LogP contribution in [0.4, 0.5) is 5.69 Å². The van der Waals surface area contributed by atoms with E-state index >= 15 is 0 Å². The fraction of sp³-hybridized carbons (Fsp3) is 0.423. The van der Waals surface area contributed by atoms with Crippen molar-refractivity contribution < 1.29 is 14.3 Å². The van der Waals surface area contributed by atoms with E-state index < -0.39 is 0 Å². The largest absolute Gasteiger partial charge is 0.507 e. The maximum absolute atomic E-state index is 11.0. The second-order valence-corrected chi connectivity index (χ2v) is 10.4. The van der Waals surface area contributed by atoms with Crippen LogP contribution in [-0.2, 0) is 10.8 Å². The predicted octanol–water partition coefficient (Wildman–Crippen LogP) is 7.14. The zero-order valence-electron chi connectivity index (χ0n) is 19.8. The summed E-state index contributed by atoms with van der Waals surface area (Å²) in [5, 5.41) is 11.0. The molecule has 0 radical (unpaired) electrons. The first kappa shape index (κ1) is 22.7. The lowest BCUT2D eigenvalue weighted by atomic mass is 9.78. The smallest absolute Gasteiger partial charge is 0.262 e. The highest BCUT2D eigenvalue weighted by Gasteiger charge is 2.28. The van der Waals surface area contributed by atoms with Gasteiger partial charge in [0.25, 0.3) is 5.88 Å². The van der Waals surface area contributed by atoms with Crippen molar-refractivity contribution in [1.82, 2.24) is 4.98 Å². The minimum atomic E-state index is -0.239. The number of nitrogen functional groups attached to an aromatic ring is 1. The van der Waals surface area contributed by atoms with Crippen LogP contribution in [0.1, 0.15) is 78.2 Å². The number of nitrogens with zero attached hydrogens (tertiary/aromatic N) is 1. The number of aromatic nitrogens is 1. The van der Waals surface area contributed by atoms with E-state index in [0.29, 0.717) is 34.7 Å². The molecule has 1 heterocycles. The molecule has 0 bridgehead atoms. The van der Waals surface area contributed by atoms with Crippen molar-refractivity contribution >= 4 is 5.69 Å². The molecule has 5 nitrogen and oxygen atoms in total. The van der Waals surface area contributed by atoms with E-state index in [1.165, 1.54) is 0 Å². The molecule has 3 rings (SSSR count). The van der Waals surface area contributed by atoms with E-state index in [0.717, 1.165) is 16.7 Å². The highest BCUT2D eigenvalue weighted by Crippen LogP contribution is 2.43. The van der Waals surface area contributed by atoms with Gasteiger partial charge in [0.15, 0.2) is 5.76 Å². The highest BCUT2D eigenvalue weighted by atomic mass is 16.5. The number of hydrogen-bond donors (Lipinski definition) is 2. The van der Waals surface area contributed by atoms with E-state index in [1.54, 1.807) is 12.1 Å². The number of oxazole rings is 1. The second kappa shape index (κ2) is 7.95. The molecule has 3 aromatic rings. The van der Waals surface area contributed by atoms with Crippen LogP contribution in [0.15, 0.2) is 40.8 Å². The molecule has 166 valence electrons. The van der Waals surface area contributed by atoms with Gasteiger partial charge in [0.2, 0.25) is 5.89 Å². The molecular formula is C26H34N2O3. The van der Waals surface area contributed by atoms with Crippen LogP contribution in [0, 0.1) is 0 Å². The van der Waals surface area contributed by atoms with Gasteiger partial charge in [-0.2, -0.15) is 4.98 Å². The Bertz CT molecular complexity index is 1030. The van der Waals surface area contributed by atoms with Crippen molar-refractivity contribution in [3.05, 3.63) is 53.3 Å². The van der Waals surface area contributed by atoms with E-state index in [-0.39, 0.29) is 16.7 Å². The van der Waals surface area contributed by atoms with Crippen LogP contribution in [0.5, 0.6) is 17.4 Å². The quantitative estimate of drug-likeness (QED) is 0.437. The zero-order valence-corrected chi connectivity index (χ0v) is 19.8. The first-order valence-electron chi connectivity index (χ1n) is 10.7. The van der Waals surface area contributed by atoms with Crippen molar-refractivity contribution in [1.29, 1.82) is 0 Å². The summed E-state index contributed by atoms with van der Waals surface area (Å²) in [4.78, 5) is 4.69. The highest BCUT2D eigenvalue weighted by molar-refractivity contribution is 5.64. The average molecular weight is 423 g/mol. The Balaban J connectivity index is 2.15. The molecule has 2 aromatic carbocycles. The van der Waals surface area contributed by atoms with E-state index in [9.17, 15) is 5.11 Å². The summed E-state index contributed by atoms with van der Waals surface area (Å²) in [6, 6.07) is 11.1. The summed E-state index contributed by atoms with van der Waals surface area (Å²) in [5.74, 6) is 2.66. The summed E-state index contributed by atoms with van der Waals surface area (Å²) in [6.07, 6.45) is 0. The number of ether oxygens (including phenoxy) is 1. The molecule has 0 saturated carbocycles. The number of rotatable bonds is 4. The molecule has 5 heteroatoms. The molecular weight excluding hydrogens is 388 g/mol. The Morgan fingerprint density at radius 1 is 0.935 bits per heavy atom. The Hall–Kier alpha value is -2.95. The molecule has 0 aliphatic rings. The summed E-state index contributed by atoms with van der Waals surface area (Å²) in [6.45, 7) is 16.6. The van der Waals surface area contributed by atoms with Crippen molar-refractivity contribution in [3.63, 3.8) is 0 Å². The minimum Gasteiger partial charge on any atom is -0.507 e. The van der Waals surface area contributed by atoms with Crippen LogP contribution in [-0.4, -0.2) is 10.1 Å². The molecule has 0 aliphatic heterocycles. The van der Waals surface area contributed by atoms with Gasteiger partial charge in [-0.25, -0.2) is 0 Å². The Morgan fingerprint density at radius 3 is 1.90 bits per heavy atom. The van der Waals surface area contributed by atoms with Gasteiger partial charge in [-0.15, -0.1) is 0 Å². The van der Waals surface area contributed by atoms with Gasteiger partial charge in [0.05, 0.1) is 0 Å². The minimum absolute atomic E-state index is 0.0892. The average Bonchev–Trinajstić information content (AvgIpc) is 3.06. The monoisotopic (exact) mass is 422 g/mol. The first-order valence-corrected chi connectivity index (χ1v) is 10.7. The molecule has 0 atom stereocenters. The summed E-state index contributed by atoms with van der Waals surface area (Å²) < 4.78 is 12.2. The molecule has 31 heavy (non-hydrogen) atoms. The summed E-state index contributed by atoms with van der Waals surface area (Å²) in [5.41, 5.74) is 8.52. The number of hydrogen-bond acceptors (Lipinski definition) is 5. The van der Waals surface area contributed by atoms with Crippen LogP contribution in [0.3, 0.4) is 0 Å². The maximum Gasteiger partial charge on any atom is 0.262 e. The van der Waals surface area contributed by atoms with Gasteiger partial charge in [-0.1, -0.05) is 55.4 Å². The van der Waals surface area contributed by atoms with Crippen LogP contribution < -0.4 is 10.5 Å². The van der Waals surface area contributed by atoms with E-state index in [4.69, 9.17) is 19.9 Å². The van der Waals surface area contributed by atoms with Gasteiger partial charge < -0.3 is 20.0 Å². The van der Waals surface area contributed by atoms with Gasteiger partial charge >= 0.3 is 0 Å². The molecule has 0 aliphatic carbocycles. The third-order valence-corrected chi connectivity index (χ3v) is 5.21. The number of phenolic OH excluding ortho intramolecular Hbond substituents is 1. The molecule has 0 spiro atoms. The van der Waals surface area contributed by atoms with Gasteiger partial charge in [0, 0.05) is 28.3 Å². The van der Waals surface area contributed by atoms with Gasteiger partial charge in [-0.3, -0.25) is 0 Å². The molecule has 0 fully saturated rings. The third kappa shape index (κ3) is 4.87. The maximum atomic E-state index is 11.0. The molecule has 0 saturated heterocycles. The van der Waals surface area contributed by atoms with Crippen molar-refractivity contribution in [2.24, 2.45) is 0 Å². The molecule has 0 unspecified atom stereocenters. The molecule has 3 N–H and O–H groups in total. The van der Waals surface area contributed by atoms with Crippen LogP contribution in [0.25, 0.3) is 11.5 Å². The topological polar surface area (TPSA) is 81.5 Å². The fourth-order valence-electron chi connectivity index (χ4n) is 3.43. The number of anilines is 1. The Kier molecular flexibility index (Phi) is 5.83. The van der Waals surface area contributed by atoms with E-state index in [2.05, 4.69) is 41.5 Å². The lowest BCUT2D eigenvalue weighted by Crippen LogP contribution is -2.17. The molecule has 0 amide bonds. The predicted molar refractivity (Wildman–Crippen MR) is 126 cm³/mol. The standard InChI is InChI=1S/C26H34N2O3/c1-15(2)22-24(30-18-11-9-17(27)10-12-18)28-23(31-22)16-13-19(25(3,4)5)21(29)20(14-16)26(6,7)8/h9-15,29H,27H2,1-8H3. The van der Waals surface area contributed by atoms with Crippen molar-refractivity contribution in [3.8, 4) is 28.8 Å². The zero-order chi connectivity index (χ0) is 23.1. The van der Waals surface area contributed by atoms with Crippen LogP contribution >= 0.6 is 0 Å². The van der Waals surface area contributed by atoms with Gasteiger partial charge in [0.1, 0.15) is 11.5 Å². The fourth-order valence-corrected chi connectivity index (χ4v) is 3.43. The number of nitrogens with two attached hydrogens (primary N) is 1. The Morgan fingerprint density at radius 2 is 1.45 bits per heavy atom. The van der Waals surface area contributed by atoms with Crippen LogP contribution in [0.2, 0.25) is 0 Å². The summed E-state index contributed by atoms with van der Waals surface area (Å²) >= 11 is 0. The van der Waals surface area contributed by atoms with E-state index in [1.807, 2.05) is 38.1 Å². The SMILES string of the molecule is CC(C)c1oc(-c2cc(C(C)(C)C)c(O)c(C(C)(C)C)c2)nc1Oc1ccc(N)cc1. The third-order valence-electron chi connectivity index (χ3n) is 5.21. The lowest BCUT2D eigenvalue weighted by Gasteiger charge is -2.27. The Labute approximate surface area is 185 Å². The second-order valence-electron chi connectivity index (χ2n) is 10.4. The molecule has 1 aromatic heterocycles. The summed E-state index contributed by atoms with van der Waals surface area (Å²) in [7, 11) is 0. The van der Waals surface area contributed by atoms with Crippen molar-refractivity contribution in [2.75, 3.05) is 5.73 Å². The number of benzene rings is 2. The van der Waals surface area contributed by atoms with Crippen molar-refractivity contribution in [2.45, 2.75) is 72.1 Å². The first-order chi connectivity index (χ1) is 14.3. The number of phenols is 1. The lowest BCUT2D eigenvalue weighted by molar-refractivity contribution is 0.421. The normalized spacial score (nSPS) is 12.4. The number of aromatic hydroxyl groups is 1. The van der Waals surface area contributed by atoms with Gasteiger partial charge in [-0.05, 0) is 47.2 Å².